The van der Waals surface area contributed by atoms with Gasteiger partial charge in [0.05, 0.1) is 17.0 Å². The molecule has 1 unspecified atom stereocenters. The van der Waals surface area contributed by atoms with E-state index in [-0.39, 0.29) is 23.6 Å². The van der Waals surface area contributed by atoms with Crippen molar-refractivity contribution in [2.24, 2.45) is 5.92 Å². The summed E-state index contributed by atoms with van der Waals surface area (Å²) in [5.74, 6) is 1.35. The van der Waals surface area contributed by atoms with E-state index in [9.17, 15) is 14.9 Å². The van der Waals surface area contributed by atoms with E-state index in [1.165, 1.54) is 6.07 Å². The van der Waals surface area contributed by atoms with E-state index < -0.39 is 4.92 Å². The number of hydrogen-bond donors (Lipinski definition) is 2. The first-order chi connectivity index (χ1) is 14.9. The van der Waals surface area contributed by atoms with Crippen molar-refractivity contribution >= 4 is 28.9 Å². The predicted octanol–water partition coefficient (Wildman–Crippen LogP) is 5.71. The zero-order valence-electron chi connectivity index (χ0n) is 16.9. The minimum atomic E-state index is -0.472. The number of nitro benzene ring substituents is 1. The number of carbonyl (C=O) groups excluding carboxylic acids is 1. The van der Waals surface area contributed by atoms with Crippen molar-refractivity contribution in [2.75, 3.05) is 5.32 Å². The molecule has 0 bridgehead atoms. The second-order valence-electron chi connectivity index (χ2n) is 7.67. The molecule has 2 N–H and O–H groups in total. The van der Waals surface area contributed by atoms with E-state index in [2.05, 4.69) is 10.6 Å². The van der Waals surface area contributed by atoms with Gasteiger partial charge in [0.15, 0.2) is 0 Å². The summed E-state index contributed by atoms with van der Waals surface area (Å²) in [7, 11) is 0. The van der Waals surface area contributed by atoms with Gasteiger partial charge in [-0.15, -0.1) is 0 Å². The second-order valence-corrected chi connectivity index (χ2v) is 8.11. The van der Waals surface area contributed by atoms with Crippen LogP contribution in [0.2, 0.25) is 5.02 Å². The Balaban J connectivity index is 1.37. The highest BCUT2D eigenvalue weighted by Crippen LogP contribution is 2.33. The molecule has 0 saturated heterocycles. The number of rotatable bonds is 8. The van der Waals surface area contributed by atoms with Crippen LogP contribution in [0.15, 0.2) is 59.0 Å². The molecule has 1 atom stereocenters. The molecule has 160 valence electrons. The number of nitrogens with zero attached hydrogens (tertiary/aromatic N) is 1. The number of halogens is 1. The number of hydrogen-bond acceptors (Lipinski definition) is 5. The van der Waals surface area contributed by atoms with Crippen molar-refractivity contribution in [1.29, 1.82) is 0 Å². The lowest BCUT2D eigenvalue weighted by atomic mass is 10.1. The molecule has 4 rings (SSSR count). The van der Waals surface area contributed by atoms with Crippen LogP contribution in [0.3, 0.4) is 0 Å². The van der Waals surface area contributed by atoms with Crippen LogP contribution in [0.4, 0.5) is 11.4 Å². The molecule has 1 aliphatic carbocycles. The topological polar surface area (TPSA) is 97.4 Å². The Morgan fingerprint density at radius 1 is 1.19 bits per heavy atom. The monoisotopic (exact) mass is 439 g/mol. The highest BCUT2D eigenvalue weighted by Gasteiger charge is 2.29. The molecule has 0 spiro atoms. The van der Waals surface area contributed by atoms with Crippen LogP contribution in [0.5, 0.6) is 0 Å². The van der Waals surface area contributed by atoms with Gasteiger partial charge in [0, 0.05) is 28.7 Å². The summed E-state index contributed by atoms with van der Waals surface area (Å²) in [6, 6.07) is 15.8. The molecule has 0 radical (unpaired) electrons. The summed E-state index contributed by atoms with van der Waals surface area (Å²) in [4.78, 5) is 22.7. The van der Waals surface area contributed by atoms with Crippen molar-refractivity contribution in [1.82, 2.24) is 5.32 Å². The summed E-state index contributed by atoms with van der Waals surface area (Å²) in [6.45, 7) is 2.49. The summed E-state index contributed by atoms with van der Waals surface area (Å²) in [6.07, 6.45) is 1.95. The van der Waals surface area contributed by atoms with Gasteiger partial charge < -0.3 is 15.1 Å². The van der Waals surface area contributed by atoms with Crippen LogP contribution in [-0.2, 0) is 11.3 Å². The SMILES string of the molecule is CC(NCc1ccc(-c2ccc(Cl)cc2[N+](=O)[O-])o1)c1ccc(NC(=O)C2CC2)cc1. The Morgan fingerprint density at radius 2 is 1.94 bits per heavy atom. The van der Waals surface area contributed by atoms with Crippen molar-refractivity contribution in [3.63, 3.8) is 0 Å². The Hall–Kier alpha value is -3.16. The summed E-state index contributed by atoms with van der Waals surface area (Å²) in [5, 5.41) is 17.9. The number of anilines is 1. The highest BCUT2D eigenvalue weighted by molar-refractivity contribution is 6.30. The van der Waals surface area contributed by atoms with Crippen LogP contribution in [0, 0.1) is 16.0 Å². The average Bonchev–Trinajstić information content (AvgIpc) is 3.51. The fourth-order valence-electron chi connectivity index (χ4n) is 3.30. The quantitative estimate of drug-likeness (QED) is 0.346. The molecule has 31 heavy (non-hydrogen) atoms. The molecule has 1 aromatic heterocycles. The predicted molar refractivity (Wildman–Crippen MR) is 119 cm³/mol. The first-order valence-corrected chi connectivity index (χ1v) is 10.5. The minimum absolute atomic E-state index is 0.0478. The molecule has 1 heterocycles. The van der Waals surface area contributed by atoms with Gasteiger partial charge in [-0.2, -0.15) is 0 Å². The average molecular weight is 440 g/mol. The van der Waals surface area contributed by atoms with E-state index in [0.29, 0.717) is 28.7 Å². The Morgan fingerprint density at radius 3 is 2.61 bits per heavy atom. The summed E-state index contributed by atoms with van der Waals surface area (Å²) < 4.78 is 5.82. The van der Waals surface area contributed by atoms with Crippen molar-refractivity contribution in [3.05, 3.63) is 81.1 Å². The zero-order chi connectivity index (χ0) is 22.0. The fraction of sp³-hybridized carbons (Fsp3) is 0.261. The van der Waals surface area contributed by atoms with Crippen LogP contribution < -0.4 is 10.6 Å². The van der Waals surface area contributed by atoms with Crippen molar-refractivity contribution in [3.8, 4) is 11.3 Å². The Labute approximate surface area is 184 Å². The number of nitro groups is 1. The van der Waals surface area contributed by atoms with Gasteiger partial charge in [0.2, 0.25) is 5.91 Å². The molecule has 8 heteroatoms. The number of nitrogens with one attached hydrogen (secondary N) is 2. The smallest absolute Gasteiger partial charge is 0.281 e. The number of furan rings is 1. The van der Waals surface area contributed by atoms with Gasteiger partial charge in [0.25, 0.3) is 5.69 Å². The van der Waals surface area contributed by atoms with Crippen LogP contribution in [0.25, 0.3) is 11.3 Å². The molecular formula is C23H22ClN3O4. The lowest BCUT2D eigenvalue weighted by Gasteiger charge is -2.14. The zero-order valence-corrected chi connectivity index (χ0v) is 17.7. The summed E-state index contributed by atoms with van der Waals surface area (Å²) in [5.41, 5.74) is 2.17. The van der Waals surface area contributed by atoms with E-state index in [1.807, 2.05) is 31.2 Å². The normalized spacial score (nSPS) is 14.3. The number of carbonyl (C=O) groups is 1. The highest BCUT2D eigenvalue weighted by atomic mass is 35.5. The molecule has 1 fully saturated rings. The van der Waals surface area contributed by atoms with E-state index in [0.717, 1.165) is 24.1 Å². The number of benzene rings is 2. The Bertz CT molecular complexity index is 1110. The van der Waals surface area contributed by atoms with E-state index in [1.54, 1.807) is 24.3 Å². The third-order valence-corrected chi connectivity index (χ3v) is 5.53. The van der Waals surface area contributed by atoms with Gasteiger partial charge in [-0.05, 0) is 61.7 Å². The third-order valence-electron chi connectivity index (χ3n) is 5.29. The first kappa shape index (κ1) is 21.1. The van der Waals surface area contributed by atoms with Crippen LogP contribution in [-0.4, -0.2) is 10.8 Å². The number of amides is 1. The minimum Gasteiger partial charge on any atom is -0.459 e. The third kappa shape index (κ3) is 5.13. The molecule has 1 saturated carbocycles. The maximum atomic E-state index is 11.9. The van der Waals surface area contributed by atoms with Crippen molar-refractivity contribution in [2.45, 2.75) is 32.4 Å². The van der Waals surface area contributed by atoms with Crippen LogP contribution in [0.1, 0.15) is 37.1 Å². The van der Waals surface area contributed by atoms with Crippen molar-refractivity contribution < 1.29 is 14.1 Å². The molecule has 3 aromatic rings. The molecule has 1 aliphatic rings. The maximum Gasteiger partial charge on any atom is 0.281 e. The molecule has 7 nitrogen and oxygen atoms in total. The largest absolute Gasteiger partial charge is 0.459 e. The van der Waals surface area contributed by atoms with Gasteiger partial charge in [0.1, 0.15) is 11.5 Å². The lowest BCUT2D eigenvalue weighted by molar-refractivity contribution is -0.384. The lowest BCUT2D eigenvalue weighted by Crippen LogP contribution is -2.18. The summed E-state index contributed by atoms with van der Waals surface area (Å²) >= 11 is 5.88. The molecule has 0 aliphatic heterocycles. The second kappa shape index (κ2) is 8.91. The molecule has 1 amide bonds. The van der Waals surface area contributed by atoms with Gasteiger partial charge in [-0.25, -0.2) is 0 Å². The van der Waals surface area contributed by atoms with Gasteiger partial charge >= 0.3 is 0 Å². The van der Waals surface area contributed by atoms with E-state index in [4.69, 9.17) is 16.0 Å². The molecule has 2 aromatic carbocycles. The fourth-order valence-corrected chi connectivity index (χ4v) is 3.46. The maximum absolute atomic E-state index is 11.9. The van der Waals surface area contributed by atoms with Crippen LogP contribution >= 0.6 is 11.6 Å². The standard InChI is InChI=1S/C23H22ClN3O4/c1-14(15-4-7-18(8-5-15)26-23(28)16-2-3-16)25-13-19-9-11-22(31-19)20-10-6-17(24)12-21(20)27(29)30/h4-12,14,16,25H,2-3,13H2,1H3,(H,26,28). The van der Waals surface area contributed by atoms with Gasteiger partial charge in [-0.3, -0.25) is 14.9 Å². The first-order valence-electron chi connectivity index (χ1n) is 10.1. The molecular weight excluding hydrogens is 418 g/mol. The Kier molecular flexibility index (Phi) is 6.06. The van der Waals surface area contributed by atoms with Gasteiger partial charge in [-0.1, -0.05) is 23.7 Å². The van der Waals surface area contributed by atoms with E-state index >= 15 is 0 Å².